The highest BCUT2D eigenvalue weighted by molar-refractivity contribution is 14.1. The van der Waals surface area contributed by atoms with Gasteiger partial charge in [-0.3, -0.25) is 4.68 Å². The molecule has 0 aliphatic rings. The maximum atomic E-state index is 6.33. The summed E-state index contributed by atoms with van der Waals surface area (Å²) in [5, 5.41) is 9.06. The van der Waals surface area contributed by atoms with Gasteiger partial charge in [-0.2, -0.15) is 5.10 Å². The Balaban J connectivity index is 2.52. The Morgan fingerprint density at radius 2 is 1.95 bits per heavy atom. The van der Waals surface area contributed by atoms with Gasteiger partial charge < -0.3 is 5.32 Å². The summed E-state index contributed by atoms with van der Waals surface area (Å²) in [6, 6.07) is 6.24. The van der Waals surface area contributed by atoms with Gasteiger partial charge in [0.1, 0.15) is 0 Å². The Kier molecular flexibility index (Phi) is 5.34. The van der Waals surface area contributed by atoms with Crippen molar-refractivity contribution in [2.75, 3.05) is 7.05 Å². The number of halogens is 3. The summed E-state index contributed by atoms with van der Waals surface area (Å²) in [6.07, 6.45) is 1.69. The fraction of sp³-hybridized carbons (Fsp3) is 0.357. The van der Waals surface area contributed by atoms with Crippen molar-refractivity contribution in [3.8, 4) is 0 Å². The summed E-state index contributed by atoms with van der Waals surface area (Å²) in [6.45, 7) is 4.17. The maximum absolute atomic E-state index is 6.33. The number of hydrogen-bond acceptors (Lipinski definition) is 2. The third kappa shape index (κ3) is 3.13. The first-order valence-corrected chi connectivity index (χ1v) is 8.14. The van der Waals surface area contributed by atoms with Gasteiger partial charge in [0.2, 0.25) is 0 Å². The van der Waals surface area contributed by atoms with Crippen LogP contribution in [0.5, 0.6) is 0 Å². The van der Waals surface area contributed by atoms with Crippen molar-refractivity contribution >= 4 is 45.8 Å². The van der Waals surface area contributed by atoms with Gasteiger partial charge in [-0.15, -0.1) is 0 Å². The SMILES string of the molecule is CNC(c1ccc(I)c(Cl)c1)c1c(Cl)cnn1C(C)C. The summed E-state index contributed by atoms with van der Waals surface area (Å²) in [7, 11) is 1.91. The van der Waals surface area contributed by atoms with E-state index in [1.54, 1.807) is 6.20 Å². The van der Waals surface area contributed by atoms with Gasteiger partial charge in [0.15, 0.2) is 0 Å². The van der Waals surface area contributed by atoms with Crippen LogP contribution in [-0.4, -0.2) is 16.8 Å². The quantitative estimate of drug-likeness (QED) is 0.723. The van der Waals surface area contributed by atoms with Crippen LogP contribution in [0.1, 0.15) is 37.2 Å². The van der Waals surface area contributed by atoms with Crippen LogP contribution in [0.4, 0.5) is 0 Å². The fourth-order valence-corrected chi connectivity index (χ4v) is 2.95. The van der Waals surface area contributed by atoms with E-state index < -0.39 is 0 Å². The predicted octanol–water partition coefficient (Wildman–Crippen LogP) is 4.68. The average Bonchev–Trinajstić information content (AvgIpc) is 2.77. The summed E-state index contributed by atoms with van der Waals surface area (Å²) in [5.74, 6) is 0. The van der Waals surface area contributed by atoms with Crippen LogP contribution in [0.3, 0.4) is 0 Å². The molecule has 0 aliphatic heterocycles. The van der Waals surface area contributed by atoms with Crippen LogP contribution in [0.2, 0.25) is 10.0 Å². The van der Waals surface area contributed by atoms with Crippen molar-refractivity contribution in [3.63, 3.8) is 0 Å². The molecular formula is C14H16Cl2IN3. The van der Waals surface area contributed by atoms with Crippen LogP contribution in [0.15, 0.2) is 24.4 Å². The van der Waals surface area contributed by atoms with Gasteiger partial charge in [0.05, 0.1) is 28.0 Å². The van der Waals surface area contributed by atoms with Crippen LogP contribution in [-0.2, 0) is 0 Å². The molecule has 0 bridgehead atoms. The minimum absolute atomic E-state index is 0.0399. The standard InChI is InChI=1S/C14H16Cl2IN3/c1-8(2)20-14(11(16)7-19-20)13(18-3)9-4-5-12(17)10(15)6-9/h4-8,13,18H,1-3H3. The zero-order valence-corrected chi connectivity index (χ0v) is 15.2. The predicted molar refractivity (Wildman–Crippen MR) is 92.7 cm³/mol. The normalized spacial score (nSPS) is 12.9. The van der Waals surface area contributed by atoms with Gasteiger partial charge in [-0.05, 0) is 61.2 Å². The van der Waals surface area contributed by atoms with E-state index in [4.69, 9.17) is 23.2 Å². The Morgan fingerprint density at radius 1 is 1.25 bits per heavy atom. The number of benzene rings is 1. The average molecular weight is 424 g/mol. The van der Waals surface area contributed by atoms with E-state index in [0.717, 1.165) is 19.9 Å². The monoisotopic (exact) mass is 423 g/mol. The van der Waals surface area contributed by atoms with Crippen molar-refractivity contribution < 1.29 is 0 Å². The fourth-order valence-electron chi connectivity index (χ4n) is 2.19. The van der Waals surface area contributed by atoms with Crippen molar-refractivity contribution in [2.45, 2.75) is 25.9 Å². The molecule has 0 radical (unpaired) electrons. The second kappa shape index (κ2) is 6.64. The molecule has 0 spiro atoms. The highest BCUT2D eigenvalue weighted by atomic mass is 127. The molecule has 0 fully saturated rings. The molecule has 20 heavy (non-hydrogen) atoms. The lowest BCUT2D eigenvalue weighted by Gasteiger charge is -2.21. The molecule has 2 rings (SSSR count). The van der Waals surface area contributed by atoms with Crippen LogP contribution >= 0.6 is 45.8 Å². The molecule has 1 heterocycles. The molecule has 0 saturated carbocycles. The highest BCUT2D eigenvalue weighted by Crippen LogP contribution is 2.32. The van der Waals surface area contributed by atoms with Crippen molar-refractivity contribution in [2.24, 2.45) is 0 Å². The highest BCUT2D eigenvalue weighted by Gasteiger charge is 2.22. The molecule has 2 aromatic rings. The van der Waals surface area contributed by atoms with E-state index in [9.17, 15) is 0 Å². The maximum Gasteiger partial charge on any atom is 0.0837 e. The minimum Gasteiger partial charge on any atom is -0.308 e. The molecule has 0 amide bonds. The van der Waals surface area contributed by atoms with Crippen LogP contribution < -0.4 is 5.32 Å². The number of nitrogens with zero attached hydrogens (tertiary/aromatic N) is 2. The van der Waals surface area contributed by atoms with E-state index in [1.165, 1.54) is 0 Å². The Hall–Kier alpha value is -0.300. The van der Waals surface area contributed by atoms with Gasteiger partial charge in [0, 0.05) is 9.61 Å². The van der Waals surface area contributed by atoms with Crippen LogP contribution in [0, 0.1) is 3.57 Å². The van der Waals surface area contributed by atoms with Crippen LogP contribution in [0.25, 0.3) is 0 Å². The van der Waals surface area contributed by atoms with E-state index in [-0.39, 0.29) is 12.1 Å². The van der Waals surface area contributed by atoms with E-state index in [1.807, 2.05) is 23.9 Å². The Labute approximate surface area is 142 Å². The van der Waals surface area contributed by atoms with Gasteiger partial charge >= 0.3 is 0 Å². The van der Waals surface area contributed by atoms with E-state index >= 15 is 0 Å². The van der Waals surface area contributed by atoms with E-state index in [2.05, 4.69) is 52.9 Å². The summed E-state index contributed by atoms with van der Waals surface area (Å²) in [4.78, 5) is 0. The Bertz CT molecular complexity index is 610. The molecule has 108 valence electrons. The molecule has 1 atom stereocenters. The molecule has 1 aromatic heterocycles. The second-order valence-corrected chi connectivity index (χ2v) is 6.79. The largest absolute Gasteiger partial charge is 0.308 e. The topological polar surface area (TPSA) is 29.9 Å². The lowest BCUT2D eigenvalue weighted by Crippen LogP contribution is -2.22. The van der Waals surface area contributed by atoms with Gasteiger partial charge in [-0.25, -0.2) is 0 Å². The second-order valence-electron chi connectivity index (χ2n) is 4.81. The molecule has 0 saturated heterocycles. The van der Waals surface area contributed by atoms with Crippen molar-refractivity contribution in [1.29, 1.82) is 0 Å². The summed E-state index contributed by atoms with van der Waals surface area (Å²) >= 11 is 14.8. The third-order valence-corrected chi connectivity index (χ3v) is 4.98. The first-order chi connectivity index (χ1) is 9.45. The number of nitrogens with one attached hydrogen (secondary N) is 1. The Morgan fingerprint density at radius 3 is 2.50 bits per heavy atom. The summed E-state index contributed by atoms with van der Waals surface area (Å²) < 4.78 is 2.97. The van der Waals surface area contributed by atoms with Gasteiger partial charge in [-0.1, -0.05) is 29.3 Å². The third-order valence-electron chi connectivity index (χ3n) is 3.12. The first kappa shape index (κ1) is 16.1. The van der Waals surface area contributed by atoms with Crippen molar-refractivity contribution in [3.05, 3.63) is 49.3 Å². The van der Waals surface area contributed by atoms with Crippen molar-refractivity contribution in [1.82, 2.24) is 15.1 Å². The minimum atomic E-state index is -0.0399. The molecular weight excluding hydrogens is 408 g/mol. The zero-order valence-electron chi connectivity index (χ0n) is 11.5. The molecule has 0 aliphatic carbocycles. The number of aromatic nitrogens is 2. The lowest BCUT2D eigenvalue weighted by molar-refractivity contribution is 0.484. The number of rotatable bonds is 4. The molecule has 1 N–H and O–H groups in total. The molecule has 3 nitrogen and oxygen atoms in total. The smallest absolute Gasteiger partial charge is 0.0837 e. The lowest BCUT2D eigenvalue weighted by atomic mass is 10.0. The van der Waals surface area contributed by atoms with E-state index in [0.29, 0.717) is 5.02 Å². The number of hydrogen-bond donors (Lipinski definition) is 1. The molecule has 1 aromatic carbocycles. The first-order valence-electron chi connectivity index (χ1n) is 6.30. The molecule has 1 unspecified atom stereocenters. The molecule has 6 heteroatoms. The zero-order chi connectivity index (χ0) is 14.9. The summed E-state index contributed by atoms with van der Waals surface area (Å²) in [5.41, 5.74) is 2.03. The van der Waals surface area contributed by atoms with Gasteiger partial charge in [0.25, 0.3) is 0 Å².